The molecule has 0 radical (unpaired) electrons. The number of benzene rings is 1. The van der Waals surface area contributed by atoms with Crippen molar-refractivity contribution in [2.45, 2.75) is 0 Å². The fraction of sp³-hybridized carbons (Fsp3) is 0.111. The fourth-order valence-electron chi connectivity index (χ4n) is 0.997. The van der Waals surface area contributed by atoms with Gasteiger partial charge < -0.3 is 9.47 Å². The van der Waals surface area contributed by atoms with E-state index in [1.54, 1.807) is 0 Å². The van der Waals surface area contributed by atoms with Crippen LogP contribution in [0.3, 0.4) is 0 Å². The van der Waals surface area contributed by atoms with Crippen LogP contribution in [0.25, 0.3) is 0 Å². The molecule has 0 aliphatic carbocycles. The Morgan fingerprint density at radius 2 is 1.91 bits per heavy atom. The Hall–Kier alpha value is -1.44. The first-order chi connectivity index (χ1) is 5.36. The molecule has 0 amide bonds. The second kappa shape index (κ2) is 2.31. The van der Waals surface area contributed by atoms with Crippen molar-refractivity contribution in [3.05, 3.63) is 36.6 Å². The number of fused-ring (bicyclic) bond motifs is 1. The molecule has 0 aromatic heterocycles. The van der Waals surface area contributed by atoms with Crippen molar-refractivity contribution in [3.8, 4) is 11.5 Å². The van der Waals surface area contributed by atoms with Crippen LogP contribution in [0.2, 0.25) is 0 Å². The highest BCUT2D eigenvalue weighted by molar-refractivity contribution is 5.42. The Kier molecular flexibility index (Phi) is 1.32. The first-order valence-corrected chi connectivity index (χ1v) is 3.44. The van der Waals surface area contributed by atoms with E-state index in [9.17, 15) is 0 Å². The number of hydrogen-bond donors (Lipinski definition) is 0. The van der Waals surface area contributed by atoms with Crippen LogP contribution in [0.5, 0.6) is 11.5 Å². The third kappa shape index (κ3) is 1.07. The van der Waals surface area contributed by atoms with Crippen molar-refractivity contribution >= 4 is 0 Å². The summed E-state index contributed by atoms with van der Waals surface area (Å²) in [5.41, 5.74) is 0. The Morgan fingerprint density at radius 3 is 2.73 bits per heavy atom. The second-order valence-corrected chi connectivity index (χ2v) is 2.38. The first-order valence-electron chi connectivity index (χ1n) is 3.44. The maximum atomic E-state index is 5.31. The molecule has 0 fully saturated rings. The number of para-hydroxylation sites is 2. The van der Waals surface area contributed by atoms with Crippen molar-refractivity contribution < 1.29 is 9.47 Å². The van der Waals surface area contributed by atoms with E-state index in [1.165, 1.54) is 0 Å². The van der Waals surface area contributed by atoms with Gasteiger partial charge in [0.2, 0.25) is 0 Å². The van der Waals surface area contributed by atoms with Crippen LogP contribution < -0.4 is 9.47 Å². The van der Waals surface area contributed by atoms with Gasteiger partial charge in [-0.05, 0) is 12.1 Å². The lowest BCUT2D eigenvalue weighted by molar-refractivity contribution is 0.233. The molecule has 0 atom stereocenters. The smallest absolute Gasteiger partial charge is 0.168 e. The minimum Gasteiger partial charge on any atom is -0.482 e. The standard InChI is InChI=1S/C9H8O2/c1-7-6-10-8-4-2-3-5-9(8)11-7/h2-5H,1,6H2. The summed E-state index contributed by atoms with van der Waals surface area (Å²) < 4.78 is 10.6. The van der Waals surface area contributed by atoms with Gasteiger partial charge in [-0.15, -0.1) is 0 Å². The molecule has 0 bridgehead atoms. The highest BCUT2D eigenvalue weighted by Crippen LogP contribution is 2.31. The van der Waals surface area contributed by atoms with Gasteiger partial charge in [0.15, 0.2) is 11.5 Å². The number of hydrogen-bond acceptors (Lipinski definition) is 2. The minimum atomic E-state index is 0.455. The van der Waals surface area contributed by atoms with Crippen molar-refractivity contribution in [1.82, 2.24) is 0 Å². The van der Waals surface area contributed by atoms with Gasteiger partial charge in [-0.1, -0.05) is 18.7 Å². The molecule has 0 saturated carbocycles. The average Bonchev–Trinajstić information content (AvgIpc) is 2.04. The average molecular weight is 148 g/mol. The zero-order chi connectivity index (χ0) is 7.68. The molecule has 2 nitrogen and oxygen atoms in total. The zero-order valence-corrected chi connectivity index (χ0v) is 6.04. The van der Waals surface area contributed by atoms with E-state index < -0.39 is 0 Å². The van der Waals surface area contributed by atoms with Crippen LogP contribution in [0.1, 0.15) is 0 Å². The summed E-state index contributed by atoms with van der Waals surface area (Å²) in [5, 5.41) is 0. The summed E-state index contributed by atoms with van der Waals surface area (Å²) in [6, 6.07) is 7.55. The van der Waals surface area contributed by atoms with Gasteiger partial charge in [0.1, 0.15) is 12.4 Å². The van der Waals surface area contributed by atoms with E-state index in [4.69, 9.17) is 9.47 Å². The maximum absolute atomic E-state index is 5.31. The third-order valence-electron chi connectivity index (χ3n) is 1.49. The molecular formula is C9H8O2. The predicted octanol–water partition coefficient (Wildman–Crippen LogP) is 1.97. The molecule has 2 rings (SSSR count). The van der Waals surface area contributed by atoms with Gasteiger partial charge in [-0.3, -0.25) is 0 Å². The SMILES string of the molecule is C=C1COc2ccccc2O1. The summed E-state index contributed by atoms with van der Waals surface area (Å²) in [7, 11) is 0. The van der Waals surface area contributed by atoms with Crippen LogP contribution in [-0.4, -0.2) is 6.61 Å². The van der Waals surface area contributed by atoms with Gasteiger partial charge in [-0.25, -0.2) is 0 Å². The number of ether oxygens (including phenoxy) is 2. The van der Waals surface area contributed by atoms with Gasteiger partial charge in [0.05, 0.1) is 0 Å². The molecule has 1 aliphatic heterocycles. The van der Waals surface area contributed by atoms with Crippen LogP contribution in [0, 0.1) is 0 Å². The van der Waals surface area contributed by atoms with Crippen molar-refractivity contribution in [1.29, 1.82) is 0 Å². The molecule has 56 valence electrons. The third-order valence-corrected chi connectivity index (χ3v) is 1.49. The lowest BCUT2D eigenvalue weighted by Crippen LogP contribution is -2.12. The molecule has 1 heterocycles. The van der Waals surface area contributed by atoms with Gasteiger partial charge in [0, 0.05) is 0 Å². The Labute approximate surface area is 65.1 Å². The molecule has 1 aliphatic rings. The molecule has 2 heteroatoms. The van der Waals surface area contributed by atoms with Crippen LogP contribution in [0.4, 0.5) is 0 Å². The highest BCUT2D eigenvalue weighted by Gasteiger charge is 2.11. The Bertz CT molecular complexity index is 291. The van der Waals surface area contributed by atoms with E-state index in [0.717, 1.165) is 11.5 Å². The number of rotatable bonds is 0. The monoisotopic (exact) mass is 148 g/mol. The van der Waals surface area contributed by atoms with Crippen LogP contribution >= 0.6 is 0 Å². The second-order valence-electron chi connectivity index (χ2n) is 2.38. The summed E-state index contributed by atoms with van der Waals surface area (Å²) in [5.74, 6) is 2.20. The van der Waals surface area contributed by atoms with Gasteiger partial charge in [-0.2, -0.15) is 0 Å². The van der Waals surface area contributed by atoms with E-state index in [2.05, 4.69) is 6.58 Å². The molecule has 0 spiro atoms. The van der Waals surface area contributed by atoms with Gasteiger partial charge in [0.25, 0.3) is 0 Å². The topological polar surface area (TPSA) is 18.5 Å². The molecule has 1 aromatic rings. The Balaban J connectivity index is 2.41. The highest BCUT2D eigenvalue weighted by atomic mass is 16.6. The van der Waals surface area contributed by atoms with Crippen LogP contribution in [-0.2, 0) is 0 Å². The quantitative estimate of drug-likeness (QED) is 0.560. The molecule has 0 unspecified atom stereocenters. The predicted molar refractivity (Wildman–Crippen MR) is 41.7 cm³/mol. The molecule has 0 N–H and O–H groups in total. The zero-order valence-electron chi connectivity index (χ0n) is 6.04. The minimum absolute atomic E-state index is 0.455. The normalized spacial score (nSPS) is 14.7. The van der Waals surface area contributed by atoms with Crippen molar-refractivity contribution in [3.63, 3.8) is 0 Å². The van der Waals surface area contributed by atoms with E-state index >= 15 is 0 Å². The first kappa shape index (κ1) is 6.28. The summed E-state index contributed by atoms with van der Waals surface area (Å²) in [4.78, 5) is 0. The van der Waals surface area contributed by atoms with E-state index in [0.29, 0.717) is 12.4 Å². The largest absolute Gasteiger partial charge is 0.482 e. The van der Waals surface area contributed by atoms with Gasteiger partial charge >= 0.3 is 0 Å². The van der Waals surface area contributed by atoms with Crippen molar-refractivity contribution in [2.24, 2.45) is 0 Å². The van der Waals surface area contributed by atoms with Crippen molar-refractivity contribution in [2.75, 3.05) is 6.61 Å². The summed E-state index contributed by atoms with van der Waals surface area (Å²) in [6.07, 6.45) is 0. The van der Waals surface area contributed by atoms with E-state index in [-0.39, 0.29) is 0 Å². The fourth-order valence-corrected chi connectivity index (χ4v) is 0.997. The molecule has 11 heavy (non-hydrogen) atoms. The molecular weight excluding hydrogens is 140 g/mol. The lowest BCUT2D eigenvalue weighted by Gasteiger charge is -2.18. The summed E-state index contributed by atoms with van der Waals surface area (Å²) in [6.45, 7) is 4.12. The molecule has 0 saturated heterocycles. The Morgan fingerprint density at radius 1 is 1.18 bits per heavy atom. The summed E-state index contributed by atoms with van der Waals surface area (Å²) >= 11 is 0. The van der Waals surface area contributed by atoms with Crippen LogP contribution in [0.15, 0.2) is 36.6 Å². The lowest BCUT2D eigenvalue weighted by atomic mass is 10.3. The van der Waals surface area contributed by atoms with E-state index in [1.807, 2.05) is 24.3 Å². The molecule has 1 aromatic carbocycles. The maximum Gasteiger partial charge on any atom is 0.168 e.